The van der Waals surface area contributed by atoms with Crippen molar-refractivity contribution in [3.05, 3.63) is 113 Å². The zero-order chi connectivity index (χ0) is 30.5. The van der Waals surface area contributed by atoms with Crippen LogP contribution in [0.25, 0.3) is 11.1 Å². The Morgan fingerprint density at radius 3 is 2.07 bits per heavy atom. The maximum Gasteiger partial charge on any atom is 0.319 e. The number of halogens is 1. The van der Waals surface area contributed by atoms with E-state index < -0.39 is 28.0 Å². The largest absolute Gasteiger partial charge is 0.326 e. The fraction of sp³-hybridized carbons (Fsp3) is 0.188. The molecule has 4 aromatic carbocycles. The number of carbonyl (C=O) groups is 2. The molecule has 0 aromatic heterocycles. The van der Waals surface area contributed by atoms with Gasteiger partial charge in [-0.1, -0.05) is 93.0 Å². The molecule has 42 heavy (non-hydrogen) atoms. The molecule has 3 amide bonds. The standard InChI is InChI=1S/C32H33ClN4O4S/c1-32(2,3)27-12-8-7-11-25(27)26-18-17-24(20-29(26)42(34,40)41)35-30(38)28(19-21-9-5-4-6-10-21)37-31(39)36-23-15-13-22(33)14-16-23/h4-18,20,28H,19H2,1-3H3,(H,35,38)(H2,34,40,41)(H2,36,37,39). The van der Waals surface area contributed by atoms with E-state index in [1.54, 1.807) is 36.4 Å². The predicted octanol–water partition coefficient (Wildman–Crippen LogP) is 6.32. The first-order valence-electron chi connectivity index (χ1n) is 13.3. The lowest BCUT2D eigenvalue weighted by Crippen LogP contribution is -2.46. The molecule has 8 nitrogen and oxygen atoms in total. The lowest BCUT2D eigenvalue weighted by atomic mass is 9.82. The molecule has 0 aliphatic carbocycles. The molecular formula is C32H33ClN4O4S. The molecule has 0 heterocycles. The molecule has 1 unspecified atom stereocenters. The van der Waals surface area contributed by atoms with Gasteiger partial charge in [-0.3, -0.25) is 4.79 Å². The Morgan fingerprint density at radius 2 is 1.43 bits per heavy atom. The van der Waals surface area contributed by atoms with Gasteiger partial charge in [0.2, 0.25) is 15.9 Å². The van der Waals surface area contributed by atoms with Crippen molar-refractivity contribution in [3.8, 4) is 11.1 Å². The third kappa shape index (κ3) is 7.97. The summed E-state index contributed by atoms with van der Waals surface area (Å²) in [4.78, 5) is 26.2. The monoisotopic (exact) mass is 604 g/mol. The number of nitrogens with one attached hydrogen (secondary N) is 3. The SMILES string of the molecule is CC(C)(C)c1ccccc1-c1ccc(NC(=O)C(Cc2ccccc2)NC(=O)Nc2ccc(Cl)cc2)cc1S(N)(=O)=O. The molecule has 10 heteroatoms. The van der Waals surface area contributed by atoms with Crippen molar-refractivity contribution in [2.75, 3.05) is 10.6 Å². The number of sulfonamides is 1. The average molecular weight is 605 g/mol. The van der Waals surface area contributed by atoms with Gasteiger partial charge in [0.05, 0.1) is 4.90 Å². The van der Waals surface area contributed by atoms with Crippen molar-refractivity contribution in [2.24, 2.45) is 5.14 Å². The number of urea groups is 1. The number of hydrogen-bond acceptors (Lipinski definition) is 4. The Kier molecular flexibility index (Phi) is 9.36. The number of amides is 3. The Morgan fingerprint density at radius 1 is 0.810 bits per heavy atom. The van der Waals surface area contributed by atoms with Crippen LogP contribution in [0.3, 0.4) is 0 Å². The topological polar surface area (TPSA) is 130 Å². The fourth-order valence-corrected chi connectivity index (χ4v) is 5.48. The highest BCUT2D eigenvalue weighted by Gasteiger charge is 2.25. The molecule has 0 saturated heterocycles. The van der Waals surface area contributed by atoms with Gasteiger partial charge in [-0.2, -0.15) is 0 Å². The molecule has 0 aliphatic rings. The third-order valence-electron chi connectivity index (χ3n) is 6.59. The lowest BCUT2D eigenvalue weighted by molar-refractivity contribution is -0.117. The van der Waals surface area contributed by atoms with Crippen LogP contribution >= 0.6 is 11.6 Å². The van der Waals surface area contributed by atoms with Crippen LogP contribution in [0.1, 0.15) is 31.9 Å². The van der Waals surface area contributed by atoms with Gasteiger partial charge < -0.3 is 16.0 Å². The highest BCUT2D eigenvalue weighted by atomic mass is 35.5. The molecule has 0 saturated carbocycles. The van der Waals surface area contributed by atoms with Crippen molar-refractivity contribution < 1.29 is 18.0 Å². The summed E-state index contributed by atoms with van der Waals surface area (Å²) < 4.78 is 25.5. The van der Waals surface area contributed by atoms with Gasteiger partial charge in [0.1, 0.15) is 6.04 Å². The summed E-state index contributed by atoms with van der Waals surface area (Å²) in [6.45, 7) is 6.13. The van der Waals surface area contributed by atoms with Crippen molar-refractivity contribution in [1.82, 2.24) is 5.32 Å². The number of primary sulfonamides is 1. The first kappa shape index (κ1) is 30.8. The summed E-state index contributed by atoms with van der Waals surface area (Å²) in [6, 6.07) is 26.3. The number of hydrogen-bond donors (Lipinski definition) is 4. The first-order valence-corrected chi connectivity index (χ1v) is 15.2. The van der Waals surface area contributed by atoms with E-state index in [1.807, 2.05) is 75.4 Å². The second kappa shape index (κ2) is 12.8. The van der Waals surface area contributed by atoms with E-state index in [2.05, 4.69) is 16.0 Å². The van der Waals surface area contributed by atoms with Gasteiger partial charge in [0.25, 0.3) is 0 Å². The van der Waals surface area contributed by atoms with Crippen LogP contribution in [-0.4, -0.2) is 26.4 Å². The van der Waals surface area contributed by atoms with E-state index >= 15 is 0 Å². The minimum atomic E-state index is -4.17. The molecule has 5 N–H and O–H groups in total. The van der Waals surface area contributed by atoms with E-state index in [9.17, 15) is 18.0 Å². The fourth-order valence-electron chi connectivity index (χ4n) is 4.58. The van der Waals surface area contributed by atoms with Crippen molar-refractivity contribution in [3.63, 3.8) is 0 Å². The quantitative estimate of drug-likeness (QED) is 0.187. The smallest absolute Gasteiger partial charge is 0.319 e. The normalized spacial score (nSPS) is 12.3. The second-order valence-corrected chi connectivity index (χ2v) is 12.9. The van der Waals surface area contributed by atoms with E-state index in [-0.39, 0.29) is 22.4 Å². The maximum atomic E-state index is 13.5. The Hall–Kier alpha value is -4.18. The summed E-state index contributed by atoms with van der Waals surface area (Å²) in [5, 5.41) is 14.3. The molecule has 0 radical (unpaired) electrons. The Balaban J connectivity index is 1.63. The number of rotatable bonds is 8. The van der Waals surface area contributed by atoms with E-state index in [0.29, 0.717) is 16.3 Å². The van der Waals surface area contributed by atoms with Gasteiger partial charge in [0.15, 0.2) is 0 Å². The molecule has 0 spiro atoms. The zero-order valence-electron chi connectivity index (χ0n) is 23.5. The average Bonchev–Trinajstić information content (AvgIpc) is 2.93. The van der Waals surface area contributed by atoms with Crippen molar-refractivity contribution in [1.29, 1.82) is 0 Å². The molecule has 4 rings (SSSR count). The van der Waals surface area contributed by atoms with Crippen LogP contribution in [0.4, 0.5) is 16.2 Å². The number of benzene rings is 4. The van der Waals surface area contributed by atoms with Crippen LogP contribution in [0.5, 0.6) is 0 Å². The highest BCUT2D eigenvalue weighted by Crippen LogP contribution is 2.37. The summed E-state index contributed by atoms with van der Waals surface area (Å²) in [5.41, 5.74) is 3.40. The minimum Gasteiger partial charge on any atom is -0.326 e. The molecule has 0 aliphatic heterocycles. The van der Waals surface area contributed by atoms with Crippen molar-refractivity contribution in [2.45, 2.75) is 43.5 Å². The van der Waals surface area contributed by atoms with Crippen LogP contribution in [0, 0.1) is 0 Å². The summed E-state index contributed by atoms with van der Waals surface area (Å²) in [5.74, 6) is -0.534. The summed E-state index contributed by atoms with van der Waals surface area (Å²) >= 11 is 5.93. The van der Waals surface area contributed by atoms with Gasteiger partial charge in [-0.05, 0) is 58.5 Å². The first-order chi connectivity index (χ1) is 19.8. The number of carbonyl (C=O) groups excluding carboxylic acids is 2. The van der Waals surface area contributed by atoms with Gasteiger partial charge in [0, 0.05) is 28.4 Å². The number of anilines is 2. The minimum absolute atomic E-state index is 0.120. The van der Waals surface area contributed by atoms with Crippen molar-refractivity contribution >= 4 is 44.9 Å². The van der Waals surface area contributed by atoms with Crippen LogP contribution in [-0.2, 0) is 26.7 Å². The van der Waals surface area contributed by atoms with E-state index in [0.717, 1.165) is 16.7 Å². The molecule has 218 valence electrons. The van der Waals surface area contributed by atoms with Crippen LogP contribution < -0.4 is 21.1 Å². The molecular weight excluding hydrogens is 572 g/mol. The van der Waals surface area contributed by atoms with Crippen LogP contribution in [0.15, 0.2) is 102 Å². The molecule has 0 fully saturated rings. The van der Waals surface area contributed by atoms with Gasteiger partial charge in [-0.25, -0.2) is 18.4 Å². The predicted molar refractivity (Wildman–Crippen MR) is 168 cm³/mol. The van der Waals surface area contributed by atoms with Gasteiger partial charge >= 0.3 is 6.03 Å². The summed E-state index contributed by atoms with van der Waals surface area (Å²) in [7, 11) is -4.17. The summed E-state index contributed by atoms with van der Waals surface area (Å²) in [6.07, 6.45) is 0.194. The highest BCUT2D eigenvalue weighted by molar-refractivity contribution is 7.89. The van der Waals surface area contributed by atoms with Crippen LogP contribution in [0.2, 0.25) is 5.02 Å². The lowest BCUT2D eigenvalue weighted by Gasteiger charge is -2.24. The molecule has 4 aromatic rings. The van der Waals surface area contributed by atoms with Gasteiger partial charge in [-0.15, -0.1) is 0 Å². The Bertz CT molecular complexity index is 1690. The van der Waals surface area contributed by atoms with E-state index in [4.69, 9.17) is 16.7 Å². The molecule has 0 bridgehead atoms. The number of nitrogens with two attached hydrogens (primary N) is 1. The maximum absolute atomic E-state index is 13.5. The van der Waals surface area contributed by atoms with E-state index in [1.165, 1.54) is 6.07 Å². The Labute approximate surface area is 251 Å². The molecule has 1 atom stereocenters. The zero-order valence-corrected chi connectivity index (χ0v) is 25.1. The third-order valence-corrected chi connectivity index (χ3v) is 7.79. The second-order valence-electron chi connectivity index (χ2n) is 10.9.